The van der Waals surface area contributed by atoms with Crippen molar-refractivity contribution in [2.75, 3.05) is 19.0 Å². The van der Waals surface area contributed by atoms with Crippen LogP contribution in [-0.4, -0.2) is 41.6 Å². The number of ether oxygens (including phenoxy) is 1. The summed E-state index contributed by atoms with van der Waals surface area (Å²) in [6.45, 7) is 3.74. The smallest absolute Gasteiger partial charge is 0.339 e. The maximum absolute atomic E-state index is 12.8. The average Bonchev–Trinajstić information content (AvgIpc) is 3.44. The summed E-state index contributed by atoms with van der Waals surface area (Å²) < 4.78 is 10.5. The summed E-state index contributed by atoms with van der Waals surface area (Å²) >= 11 is 6.80. The number of thioether (sulfide) groups is 1. The number of anilines is 1. The summed E-state index contributed by atoms with van der Waals surface area (Å²) in [6.07, 6.45) is 1.44. The molecule has 3 aromatic rings. The highest BCUT2D eigenvalue weighted by atomic mass is 35.5. The molecule has 0 unspecified atom stereocenters. The summed E-state index contributed by atoms with van der Waals surface area (Å²) in [7, 11) is 1.26. The van der Waals surface area contributed by atoms with Gasteiger partial charge in [-0.3, -0.25) is 19.3 Å². The SMILES string of the molecule is COC(=O)c1cc(-c2ccc(/C=C3/SC(=O)N(CC(=O)Nc4ccc(C(C)C)cc4)C3=O)o2)ccc1Cl. The quantitative estimate of drug-likeness (QED) is 0.282. The molecule has 0 aliphatic carbocycles. The van der Waals surface area contributed by atoms with Crippen LogP contribution in [0.15, 0.2) is 63.9 Å². The van der Waals surface area contributed by atoms with Crippen LogP contribution < -0.4 is 5.32 Å². The summed E-state index contributed by atoms with van der Waals surface area (Å²) in [5, 5.41) is 2.40. The van der Waals surface area contributed by atoms with Crippen molar-refractivity contribution in [2.45, 2.75) is 19.8 Å². The third-order valence-electron chi connectivity index (χ3n) is 5.59. The topological polar surface area (TPSA) is 106 Å². The molecule has 1 N–H and O–H groups in total. The summed E-state index contributed by atoms with van der Waals surface area (Å²) in [6, 6.07) is 15.5. The Labute approximate surface area is 222 Å². The molecule has 2 heterocycles. The number of amides is 3. The van der Waals surface area contributed by atoms with Crippen LogP contribution in [0.2, 0.25) is 5.02 Å². The van der Waals surface area contributed by atoms with E-state index in [1.165, 1.54) is 13.2 Å². The largest absolute Gasteiger partial charge is 0.465 e. The molecule has 0 saturated carbocycles. The van der Waals surface area contributed by atoms with E-state index in [0.717, 1.165) is 22.2 Å². The molecule has 4 rings (SSSR count). The molecule has 0 bridgehead atoms. The molecule has 1 aromatic heterocycles. The van der Waals surface area contributed by atoms with Gasteiger partial charge in [-0.1, -0.05) is 37.6 Å². The zero-order valence-corrected chi connectivity index (χ0v) is 21.8. The molecule has 0 atom stereocenters. The number of hydrogen-bond acceptors (Lipinski definition) is 7. The normalized spacial score (nSPS) is 14.5. The monoisotopic (exact) mass is 538 g/mol. The zero-order valence-electron chi connectivity index (χ0n) is 20.2. The molecule has 1 aliphatic heterocycles. The summed E-state index contributed by atoms with van der Waals surface area (Å²) in [4.78, 5) is 50.7. The Hall–Kier alpha value is -3.82. The van der Waals surface area contributed by atoms with Gasteiger partial charge >= 0.3 is 5.97 Å². The molecule has 3 amide bonds. The number of carbonyl (C=O) groups is 4. The zero-order chi connectivity index (χ0) is 26.7. The summed E-state index contributed by atoms with van der Waals surface area (Å²) in [5.41, 5.74) is 2.48. The van der Waals surface area contributed by atoms with Crippen molar-refractivity contribution in [3.63, 3.8) is 0 Å². The van der Waals surface area contributed by atoms with E-state index in [9.17, 15) is 19.2 Å². The van der Waals surface area contributed by atoms with E-state index < -0.39 is 29.6 Å². The molecule has 37 heavy (non-hydrogen) atoms. The number of nitrogens with one attached hydrogen (secondary N) is 1. The van der Waals surface area contributed by atoms with Crippen molar-refractivity contribution in [3.05, 3.63) is 81.4 Å². The lowest BCUT2D eigenvalue weighted by molar-refractivity contribution is -0.127. The lowest BCUT2D eigenvalue weighted by Crippen LogP contribution is -2.36. The lowest BCUT2D eigenvalue weighted by atomic mass is 10.0. The van der Waals surface area contributed by atoms with Crippen LogP contribution >= 0.6 is 23.4 Å². The van der Waals surface area contributed by atoms with E-state index in [1.54, 1.807) is 42.5 Å². The highest BCUT2D eigenvalue weighted by Crippen LogP contribution is 2.34. The van der Waals surface area contributed by atoms with E-state index in [-0.39, 0.29) is 15.5 Å². The lowest BCUT2D eigenvalue weighted by Gasteiger charge is -2.13. The minimum Gasteiger partial charge on any atom is -0.465 e. The van der Waals surface area contributed by atoms with Gasteiger partial charge in [-0.15, -0.1) is 0 Å². The maximum atomic E-state index is 12.8. The highest BCUT2D eigenvalue weighted by molar-refractivity contribution is 8.18. The second-order valence-corrected chi connectivity index (χ2v) is 9.88. The predicted octanol–water partition coefficient (Wildman–Crippen LogP) is 6.19. The van der Waals surface area contributed by atoms with Crippen molar-refractivity contribution in [2.24, 2.45) is 0 Å². The van der Waals surface area contributed by atoms with E-state index in [2.05, 4.69) is 19.2 Å². The van der Waals surface area contributed by atoms with Crippen LogP contribution in [-0.2, 0) is 14.3 Å². The van der Waals surface area contributed by atoms with E-state index >= 15 is 0 Å². The van der Waals surface area contributed by atoms with Gasteiger partial charge < -0.3 is 14.5 Å². The van der Waals surface area contributed by atoms with Gasteiger partial charge in [0.05, 0.1) is 22.6 Å². The first kappa shape index (κ1) is 26.2. The molecule has 1 saturated heterocycles. The molecule has 10 heteroatoms. The number of methoxy groups -OCH3 is 1. The standard InChI is InChI=1S/C27H23ClN2O6S/c1-15(2)16-4-7-18(8-5-16)29-24(31)14-30-25(32)23(37-27(30)34)13-19-9-11-22(36-19)17-6-10-21(28)20(12-17)26(33)35-3/h4-13,15H,14H2,1-3H3,(H,29,31)/b23-13+. The van der Waals surface area contributed by atoms with Crippen LogP contribution in [0, 0.1) is 0 Å². The fourth-order valence-corrected chi connectivity index (χ4v) is 4.60. The van der Waals surface area contributed by atoms with Gasteiger partial charge in [0, 0.05) is 17.3 Å². The first-order valence-electron chi connectivity index (χ1n) is 11.3. The van der Waals surface area contributed by atoms with Gasteiger partial charge in [-0.2, -0.15) is 0 Å². The third-order valence-corrected chi connectivity index (χ3v) is 6.83. The van der Waals surface area contributed by atoms with Gasteiger partial charge in [-0.05, 0) is 65.7 Å². The van der Waals surface area contributed by atoms with Gasteiger partial charge in [0.2, 0.25) is 5.91 Å². The number of nitrogens with zero attached hydrogens (tertiary/aromatic N) is 1. The molecular formula is C27H23ClN2O6S. The molecule has 0 radical (unpaired) electrons. The molecule has 1 aliphatic rings. The van der Waals surface area contributed by atoms with Crippen molar-refractivity contribution in [1.29, 1.82) is 0 Å². The number of carbonyl (C=O) groups excluding carboxylic acids is 4. The number of benzene rings is 2. The summed E-state index contributed by atoms with van der Waals surface area (Å²) in [5.74, 6) is -0.535. The van der Waals surface area contributed by atoms with E-state index in [0.29, 0.717) is 28.7 Å². The first-order chi connectivity index (χ1) is 17.7. The van der Waals surface area contributed by atoms with Gasteiger partial charge in [-0.25, -0.2) is 4.79 Å². The van der Waals surface area contributed by atoms with Crippen LogP contribution in [0.3, 0.4) is 0 Å². The van der Waals surface area contributed by atoms with Gasteiger partial charge in [0.1, 0.15) is 18.1 Å². The number of halogens is 1. The van der Waals surface area contributed by atoms with Crippen LogP contribution in [0.25, 0.3) is 17.4 Å². The van der Waals surface area contributed by atoms with Gasteiger partial charge in [0.15, 0.2) is 0 Å². The van der Waals surface area contributed by atoms with Crippen LogP contribution in [0.1, 0.15) is 41.4 Å². The fourth-order valence-electron chi connectivity index (χ4n) is 3.59. The molecule has 8 nitrogen and oxygen atoms in total. The Kier molecular flexibility index (Phi) is 7.85. The molecule has 190 valence electrons. The molecular weight excluding hydrogens is 516 g/mol. The van der Waals surface area contributed by atoms with E-state index in [4.69, 9.17) is 20.8 Å². The van der Waals surface area contributed by atoms with Crippen molar-refractivity contribution in [1.82, 2.24) is 4.90 Å². The molecule has 1 fully saturated rings. The number of rotatable bonds is 7. The second kappa shape index (κ2) is 11.1. The number of hydrogen-bond donors (Lipinski definition) is 1. The average molecular weight is 539 g/mol. The number of esters is 1. The minimum absolute atomic E-state index is 0.131. The predicted molar refractivity (Wildman–Crippen MR) is 142 cm³/mol. The number of imide groups is 1. The van der Waals surface area contributed by atoms with Crippen LogP contribution in [0.5, 0.6) is 0 Å². The van der Waals surface area contributed by atoms with Crippen LogP contribution in [0.4, 0.5) is 10.5 Å². The van der Waals surface area contributed by atoms with E-state index in [1.807, 2.05) is 12.1 Å². The van der Waals surface area contributed by atoms with Gasteiger partial charge in [0.25, 0.3) is 11.1 Å². The molecule has 2 aromatic carbocycles. The Balaban J connectivity index is 1.44. The third kappa shape index (κ3) is 5.95. The fraction of sp³-hybridized carbons (Fsp3) is 0.185. The first-order valence-corrected chi connectivity index (χ1v) is 12.5. The maximum Gasteiger partial charge on any atom is 0.339 e. The molecule has 0 spiro atoms. The van der Waals surface area contributed by atoms with Crippen molar-refractivity contribution >= 4 is 58.1 Å². The second-order valence-electron chi connectivity index (χ2n) is 8.48. The Morgan fingerprint density at radius 1 is 1.11 bits per heavy atom. The Morgan fingerprint density at radius 3 is 2.51 bits per heavy atom. The Morgan fingerprint density at radius 2 is 1.84 bits per heavy atom. The van der Waals surface area contributed by atoms with Crippen molar-refractivity contribution < 1.29 is 28.3 Å². The van der Waals surface area contributed by atoms with Crippen molar-refractivity contribution in [3.8, 4) is 11.3 Å². The Bertz CT molecular complexity index is 1410. The highest BCUT2D eigenvalue weighted by Gasteiger charge is 2.36. The minimum atomic E-state index is -0.585. The number of furan rings is 1.